The third-order valence-corrected chi connectivity index (χ3v) is 4.02. The number of nitrogens with zero attached hydrogens (tertiary/aromatic N) is 1. The first kappa shape index (κ1) is 16.0. The normalized spacial score (nSPS) is 11.4. The number of rotatable bonds is 3. The average Bonchev–Trinajstić information content (AvgIpc) is 2.50. The summed E-state index contributed by atoms with van der Waals surface area (Å²) in [6.07, 6.45) is 0. The molecule has 0 saturated heterocycles. The van der Waals surface area contributed by atoms with E-state index in [1.54, 1.807) is 0 Å². The van der Waals surface area contributed by atoms with Crippen LogP contribution in [0.1, 0.15) is 45.1 Å². The molecule has 0 aliphatic rings. The molecule has 1 amide bonds. The van der Waals surface area contributed by atoms with E-state index in [4.69, 9.17) is 0 Å². The molecule has 2 aromatic rings. The molecule has 0 unspecified atom stereocenters. The van der Waals surface area contributed by atoms with Gasteiger partial charge in [0.15, 0.2) is 0 Å². The molecule has 0 aliphatic carbocycles. The summed E-state index contributed by atoms with van der Waals surface area (Å²) in [5.41, 5.74) is 9.79. The van der Waals surface area contributed by atoms with E-state index in [1.165, 1.54) is 16.7 Å². The molecule has 0 atom stereocenters. The van der Waals surface area contributed by atoms with Crippen molar-refractivity contribution in [1.82, 2.24) is 5.43 Å². The minimum atomic E-state index is -0.189. The Hall–Kier alpha value is -2.42. The molecule has 2 aromatic carbocycles. The van der Waals surface area contributed by atoms with Gasteiger partial charge in [0.1, 0.15) is 0 Å². The van der Waals surface area contributed by atoms with E-state index in [0.717, 1.165) is 16.8 Å². The van der Waals surface area contributed by atoms with Crippen LogP contribution >= 0.6 is 0 Å². The molecule has 2 rings (SSSR count). The smallest absolute Gasteiger partial charge is 0.267 e. The van der Waals surface area contributed by atoms with Crippen LogP contribution in [0.5, 0.6) is 0 Å². The molecule has 0 aliphatic heterocycles. The summed E-state index contributed by atoms with van der Waals surface area (Å²) in [6.45, 7) is 10.1. The number of hydrogen-bond acceptors (Lipinski definition) is 2. The minimum absolute atomic E-state index is 0.189. The highest BCUT2D eigenvalue weighted by Gasteiger charge is 2.06. The van der Waals surface area contributed by atoms with Crippen molar-refractivity contribution in [2.24, 2.45) is 5.10 Å². The first-order valence-corrected chi connectivity index (χ1v) is 7.38. The van der Waals surface area contributed by atoms with Crippen molar-refractivity contribution in [2.45, 2.75) is 34.6 Å². The summed E-state index contributed by atoms with van der Waals surface area (Å²) < 4.78 is 0. The number of benzene rings is 2. The lowest BCUT2D eigenvalue weighted by Gasteiger charge is -2.07. The van der Waals surface area contributed by atoms with Crippen LogP contribution in [0, 0.1) is 27.7 Å². The summed E-state index contributed by atoms with van der Waals surface area (Å²) in [6, 6.07) is 11.8. The molecule has 3 heteroatoms. The van der Waals surface area contributed by atoms with E-state index in [1.807, 2.05) is 45.0 Å². The van der Waals surface area contributed by atoms with Gasteiger partial charge in [-0.05, 0) is 80.6 Å². The second-order valence-electron chi connectivity index (χ2n) is 5.74. The Morgan fingerprint density at radius 1 is 0.818 bits per heavy atom. The van der Waals surface area contributed by atoms with Crippen molar-refractivity contribution in [3.05, 3.63) is 69.8 Å². The number of carbonyl (C=O) groups is 1. The Balaban J connectivity index is 2.14. The molecule has 0 spiro atoms. The van der Waals surface area contributed by atoms with Gasteiger partial charge in [-0.2, -0.15) is 5.10 Å². The van der Waals surface area contributed by atoms with Crippen molar-refractivity contribution in [1.29, 1.82) is 0 Å². The van der Waals surface area contributed by atoms with Crippen LogP contribution < -0.4 is 5.43 Å². The summed E-state index contributed by atoms with van der Waals surface area (Å²) in [4.78, 5) is 12.1. The fraction of sp³-hybridized carbons (Fsp3) is 0.263. The lowest BCUT2D eigenvalue weighted by Crippen LogP contribution is -2.19. The Bertz CT molecular complexity index is 745. The van der Waals surface area contributed by atoms with Crippen molar-refractivity contribution in [3.8, 4) is 0 Å². The van der Waals surface area contributed by atoms with Crippen LogP contribution in [0.2, 0.25) is 0 Å². The van der Waals surface area contributed by atoms with Crippen molar-refractivity contribution < 1.29 is 4.79 Å². The summed E-state index contributed by atoms with van der Waals surface area (Å²) in [5.74, 6) is -0.189. The Morgan fingerprint density at radius 2 is 1.32 bits per heavy atom. The third kappa shape index (κ3) is 3.61. The standard InChI is InChI=1S/C19H22N2O/c1-12-6-8-17(10-14(12)3)16(5)20-21-19(22)18-9-7-13(2)15(4)11-18/h6-11H,1-5H3,(H,21,22)/b20-16+. The molecule has 1 N–H and O–H groups in total. The van der Waals surface area contributed by atoms with Gasteiger partial charge in [0, 0.05) is 5.56 Å². The van der Waals surface area contributed by atoms with E-state index in [-0.39, 0.29) is 5.91 Å². The summed E-state index contributed by atoms with van der Waals surface area (Å²) in [7, 11) is 0. The number of nitrogens with one attached hydrogen (secondary N) is 1. The van der Waals surface area contributed by atoms with Crippen LogP contribution in [-0.2, 0) is 0 Å². The van der Waals surface area contributed by atoms with E-state index >= 15 is 0 Å². The largest absolute Gasteiger partial charge is 0.271 e. The van der Waals surface area contributed by atoms with Crippen LogP contribution in [0.15, 0.2) is 41.5 Å². The average molecular weight is 294 g/mol. The number of hydrazone groups is 1. The van der Waals surface area contributed by atoms with Crippen LogP contribution in [0.25, 0.3) is 0 Å². The molecule has 114 valence electrons. The van der Waals surface area contributed by atoms with E-state index in [9.17, 15) is 4.79 Å². The zero-order valence-electron chi connectivity index (χ0n) is 13.8. The van der Waals surface area contributed by atoms with Gasteiger partial charge >= 0.3 is 0 Å². The van der Waals surface area contributed by atoms with E-state index in [0.29, 0.717) is 5.56 Å². The van der Waals surface area contributed by atoms with Crippen LogP contribution in [0.3, 0.4) is 0 Å². The molecule has 0 saturated carbocycles. The first-order chi connectivity index (χ1) is 10.4. The quantitative estimate of drug-likeness (QED) is 0.672. The molecule has 0 heterocycles. The summed E-state index contributed by atoms with van der Waals surface area (Å²) in [5, 5.41) is 4.21. The molecule has 22 heavy (non-hydrogen) atoms. The highest BCUT2D eigenvalue weighted by molar-refractivity contribution is 6.01. The van der Waals surface area contributed by atoms with Gasteiger partial charge in [0.2, 0.25) is 0 Å². The molecule has 0 fully saturated rings. The van der Waals surface area contributed by atoms with Crippen LogP contribution in [-0.4, -0.2) is 11.6 Å². The maximum absolute atomic E-state index is 12.1. The van der Waals surface area contributed by atoms with Gasteiger partial charge in [0.25, 0.3) is 5.91 Å². The molecule has 0 radical (unpaired) electrons. The predicted octanol–water partition coefficient (Wildman–Crippen LogP) is 4.07. The number of hydrogen-bond donors (Lipinski definition) is 1. The third-order valence-electron chi connectivity index (χ3n) is 4.02. The molecule has 0 bridgehead atoms. The van der Waals surface area contributed by atoms with Gasteiger partial charge in [-0.1, -0.05) is 18.2 Å². The SMILES string of the molecule is C/C(=N\NC(=O)c1ccc(C)c(C)c1)c1ccc(C)c(C)c1. The summed E-state index contributed by atoms with van der Waals surface area (Å²) >= 11 is 0. The minimum Gasteiger partial charge on any atom is -0.267 e. The Labute approximate surface area is 132 Å². The second kappa shape index (κ2) is 6.56. The van der Waals surface area contributed by atoms with E-state index in [2.05, 4.69) is 36.5 Å². The molecule has 3 nitrogen and oxygen atoms in total. The highest BCUT2D eigenvalue weighted by Crippen LogP contribution is 2.11. The van der Waals surface area contributed by atoms with Gasteiger partial charge in [-0.3, -0.25) is 4.79 Å². The van der Waals surface area contributed by atoms with Gasteiger partial charge in [-0.25, -0.2) is 5.43 Å². The zero-order valence-corrected chi connectivity index (χ0v) is 13.8. The molecule has 0 aromatic heterocycles. The zero-order chi connectivity index (χ0) is 16.3. The lowest BCUT2D eigenvalue weighted by molar-refractivity contribution is 0.0954. The number of amides is 1. The maximum atomic E-state index is 12.1. The monoisotopic (exact) mass is 294 g/mol. The predicted molar refractivity (Wildman–Crippen MR) is 91.5 cm³/mol. The molecular formula is C19H22N2O. The second-order valence-corrected chi connectivity index (χ2v) is 5.74. The van der Waals surface area contributed by atoms with Gasteiger partial charge < -0.3 is 0 Å². The number of carbonyl (C=O) groups excluding carboxylic acids is 1. The Kier molecular flexibility index (Phi) is 4.76. The molecular weight excluding hydrogens is 272 g/mol. The van der Waals surface area contributed by atoms with Gasteiger partial charge in [-0.15, -0.1) is 0 Å². The van der Waals surface area contributed by atoms with Crippen molar-refractivity contribution in [2.75, 3.05) is 0 Å². The topological polar surface area (TPSA) is 41.5 Å². The van der Waals surface area contributed by atoms with Gasteiger partial charge in [0.05, 0.1) is 5.71 Å². The lowest BCUT2D eigenvalue weighted by atomic mass is 10.0. The highest BCUT2D eigenvalue weighted by atomic mass is 16.2. The number of aryl methyl sites for hydroxylation is 4. The van der Waals surface area contributed by atoms with Crippen LogP contribution in [0.4, 0.5) is 0 Å². The fourth-order valence-corrected chi connectivity index (χ4v) is 2.11. The van der Waals surface area contributed by atoms with E-state index < -0.39 is 0 Å². The Morgan fingerprint density at radius 3 is 1.86 bits per heavy atom. The first-order valence-electron chi connectivity index (χ1n) is 7.38. The van der Waals surface area contributed by atoms with Crippen molar-refractivity contribution >= 4 is 11.6 Å². The fourth-order valence-electron chi connectivity index (χ4n) is 2.11. The maximum Gasteiger partial charge on any atom is 0.271 e. The van der Waals surface area contributed by atoms with Crippen molar-refractivity contribution in [3.63, 3.8) is 0 Å².